The van der Waals surface area contributed by atoms with Crippen LogP contribution in [-0.4, -0.2) is 13.6 Å². The molecule has 1 aromatic carbocycles. The van der Waals surface area contributed by atoms with Crippen molar-refractivity contribution in [3.63, 3.8) is 0 Å². The molecular weight excluding hydrogens is 206 g/mol. The maximum Gasteiger partial charge on any atom is 0.0408 e. The van der Waals surface area contributed by atoms with Crippen LogP contribution in [0.25, 0.3) is 0 Å². The van der Waals surface area contributed by atoms with E-state index in [1.165, 1.54) is 36.8 Å². The fourth-order valence-electron chi connectivity index (χ4n) is 2.43. The zero-order chi connectivity index (χ0) is 10.7. The Hall–Kier alpha value is -0.530. The summed E-state index contributed by atoms with van der Waals surface area (Å²) in [5.41, 5.74) is 2.96. The molecule has 0 heterocycles. The number of fused-ring (bicyclic) bond motifs is 1. The predicted octanol–water partition coefficient (Wildman–Crippen LogP) is 3.05. The molecule has 2 heteroatoms. The molecule has 82 valence electrons. The maximum atomic E-state index is 6.02. The number of aryl methyl sites for hydroxylation is 2. The van der Waals surface area contributed by atoms with E-state index in [0.717, 1.165) is 17.5 Å². The van der Waals surface area contributed by atoms with E-state index < -0.39 is 0 Å². The van der Waals surface area contributed by atoms with Gasteiger partial charge in [0.2, 0.25) is 0 Å². The molecule has 1 atom stereocenters. The van der Waals surface area contributed by atoms with E-state index in [9.17, 15) is 0 Å². The summed E-state index contributed by atoms with van der Waals surface area (Å²) in [6, 6.07) is 6.34. The van der Waals surface area contributed by atoms with Crippen LogP contribution in [0.3, 0.4) is 0 Å². The lowest BCUT2D eigenvalue weighted by molar-refractivity contribution is 0.445. The van der Waals surface area contributed by atoms with Crippen LogP contribution in [-0.2, 0) is 12.8 Å². The normalized spacial score (nSPS) is 20.8. The lowest BCUT2D eigenvalue weighted by Gasteiger charge is -2.12. The van der Waals surface area contributed by atoms with Crippen molar-refractivity contribution in [3.8, 4) is 0 Å². The lowest BCUT2D eigenvalue weighted by atomic mass is 10.00. The summed E-state index contributed by atoms with van der Waals surface area (Å²) in [6.45, 7) is 1.14. The number of hydrogen-bond donors (Lipinski definition) is 1. The Bertz CT molecular complexity index is 335. The van der Waals surface area contributed by atoms with E-state index in [2.05, 4.69) is 17.4 Å². The number of halogens is 1. The van der Waals surface area contributed by atoms with Gasteiger partial charge < -0.3 is 5.32 Å². The van der Waals surface area contributed by atoms with Gasteiger partial charge in [0.15, 0.2) is 0 Å². The van der Waals surface area contributed by atoms with E-state index in [1.54, 1.807) is 0 Å². The molecule has 1 N–H and O–H groups in total. The average molecular weight is 224 g/mol. The van der Waals surface area contributed by atoms with Gasteiger partial charge in [-0.25, -0.2) is 0 Å². The summed E-state index contributed by atoms with van der Waals surface area (Å²) in [6.07, 6.45) is 4.98. The van der Waals surface area contributed by atoms with Gasteiger partial charge >= 0.3 is 0 Å². The summed E-state index contributed by atoms with van der Waals surface area (Å²) in [7, 11) is 2.04. The summed E-state index contributed by atoms with van der Waals surface area (Å²) in [5, 5.41) is 4.15. The van der Waals surface area contributed by atoms with E-state index in [-0.39, 0.29) is 0 Å². The van der Waals surface area contributed by atoms with Gasteiger partial charge in [0, 0.05) is 5.02 Å². The Morgan fingerprint density at radius 3 is 2.73 bits per heavy atom. The van der Waals surface area contributed by atoms with Crippen molar-refractivity contribution >= 4 is 11.6 Å². The summed E-state index contributed by atoms with van der Waals surface area (Å²) >= 11 is 6.02. The van der Waals surface area contributed by atoms with Gasteiger partial charge in [-0.1, -0.05) is 17.7 Å². The van der Waals surface area contributed by atoms with Gasteiger partial charge in [0.1, 0.15) is 0 Å². The molecule has 1 aliphatic rings. The van der Waals surface area contributed by atoms with E-state index in [4.69, 9.17) is 11.6 Å². The van der Waals surface area contributed by atoms with Gasteiger partial charge in [-0.3, -0.25) is 0 Å². The van der Waals surface area contributed by atoms with Gasteiger partial charge in [-0.05, 0) is 68.5 Å². The Balaban J connectivity index is 2.11. The first-order valence-corrected chi connectivity index (χ1v) is 6.09. The van der Waals surface area contributed by atoms with Crippen molar-refractivity contribution in [2.24, 2.45) is 5.92 Å². The third kappa shape index (κ3) is 2.73. The molecule has 2 rings (SSSR count). The van der Waals surface area contributed by atoms with Crippen LogP contribution in [0.5, 0.6) is 0 Å². The highest BCUT2D eigenvalue weighted by atomic mass is 35.5. The molecule has 0 bridgehead atoms. The number of nitrogens with one attached hydrogen (secondary N) is 1. The second-order valence-electron chi connectivity index (χ2n) is 4.41. The van der Waals surface area contributed by atoms with Crippen molar-refractivity contribution < 1.29 is 0 Å². The second-order valence-corrected chi connectivity index (χ2v) is 4.85. The van der Waals surface area contributed by atoms with Gasteiger partial charge in [0.05, 0.1) is 0 Å². The minimum atomic E-state index is 0.821. The molecular formula is C13H18ClN. The monoisotopic (exact) mass is 223 g/mol. The molecule has 0 amide bonds. The highest BCUT2D eigenvalue weighted by Crippen LogP contribution is 2.26. The van der Waals surface area contributed by atoms with Crippen molar-refractivity contribution in [1.29, 1.82) is 0 Å². The maximum absolute atomic E-state index is 6.02. The van der Waals surface area contributed by atoms with Crippen LogP contribution in [0.15, 0.2) is 18.2 Å². The first-order valence-electron chi connectivity index (χ1n) is 5.71. The molecule has 1 aliphatic carbocycles. The molecule has 0 aromatic heterocycles. The quantitative estimate of drug-likeness (QED) is 0.760. The summed E-state index contributed by atoms with van der Waals surface area (Å²) in [5.74, 6) is 0.821. The van der Waals surface area contributed by atoms with Gasteiger partial charge in [-0.15, -0.1) is 0 Å². The molecule has 1 unspecified atom stereocenters. The molecule has 0 saturated heterocycles. The highest BCUT2D eigenvalue weighted by Gasteiger charge is 2.15. The first kappa shape index (κ1) is 11.0. The smallest absolute Gasteiger partial charge is 0.0408 e. The van der Waals surface area contributed by atoms with E-state index >= 15 is 0 Å². The van der Waals surface area contributed by atoms with Gasteiger partial charge in [0.25, 0.3) is 0 Å². The zero-order valence-corrected chi connectivity index (χ0v) is 9.98. The predicted molar refractivity (Wildman–Crippen MR) is 65.5 cm³/mol. The Labute approximate surface area is 96.8 Å². The van der Waals surface area contributed by atoms with Crippen LogP contribution < -0.4 is 5.32 Å². The topological polar surface area (TPSA) is 12.0 Å². The molecule has 0 fully saturated rings. The van der Waals surface area contributed by atoms with Crippen molar-refractivity contribution in [3.05, 3.63) is 34.3 Å². The molecule has 0 spiro atoms. The largest absolute Gasteiger partial charge is 0.319 e. The van der Waals surface area contributed by atoms with Crippen LogP contribution in [0.1, 0.15) is 24.0 Å². The standard InChI is InChI=1S/C13H18ClN/c1-15-9-10-2-4-11-6-7-13(14)8-12(11)5-3-10/h6-8,10,15H,2-5,9H2,1H3. The summed E-state index contributed by atoms with van der Waals surface area (Å²) in [4.78, 5) is 0. The second kappa shape index (κ2) is 5.00. The Kier molecular flexibility index (Phi) is 3.66. The van der Waals surface area contributed by atoms with E-state index in [1.807, 2.05) is 13.1 Å². The zero-order valence-electron chi connectivity index (χ0n) is 9.22. The highest BCUT2D eigenvalue weighted by molar-refractivity contribution is 6.30. The SMILES string of the molecule is CNCC1CCc2ccc(Cl)cc2CC1. The number of hydrogen-bond acceptors (Lipinski definition) is 1. The van der Waals surface area contributed by atoms with Crippen molar-refractivity contribution in [2.45, 2.75) is 25.7 Å². The summed E-state index contributed by atoms with van der Waals surface area (Å²) < 4.78 is 0. The van der Waals surface area contributed by atoms with Crippen molar-refractivity contribution in [1.82, 2.24) is 5.32 Å². The third-order valence-corrected chi connectivity index (χ3v) is 3.54. The average Bonchev–Trinajstić information content (AvgIpc) is 2.42. The molecule has 0 aliphatic heterocycles. The van der Waals surface area contributed by atoms with Crippen LogP contribution in [0.2, 0.25) is 5.02 Å². The third-order valence-electron chi connectivity index (χ3n) is 3.30. The molecule has 0 saturated carbocycles. The minimum absolute atomic E-state index is 0.821. The first-order chi connectivity index (χ1) is 7.29. The Morgan fingerprint density at radius 2 is 2.00 bits per heavy atom. The van der Waals surface area contributed by atoms with Crippen LogP contribution in [0, 0.1) is 5.92 Å². The molecule has 15 heavy (non-hydrogen) atoms. The number of benzene rings is 1. The Morgan fingerprint density at radius 1 is 1.27 bits per heavy atom. The lowest BCUT2D eigenvalue weighted by Crippen LogP contribution is -2.18. The minimum Gasteiger partial charge on any atom is -0.319 e. The fourth-order valence-corrected chi connectivity index (χ4v) is 2.62. The van der Waals surface area contributed by atoms with Gasteiger partial charge in [-0.2, -0.15) is 0 Å². The number of rotatable bonds is 2. The van der Waals surface area contributed by atoms with Crippen molar-refractivity contribution in [2.75, 3.05) is 13.6 Å². The fraction of sp³-hybridized carbons (Fsp3) is 0.538. The molecule has 1 aromatic rings. The van der Waals surface area contributed by atoms with Crippen LogP contribution >= 0.6 is 11.6 Å². The molecule has 1 nitrogen and oxygen atoms in total. The van der Waals surface area contributed by atoms with Crippen LogP contribution in [0.4, 0.5) is 0 Å². The molecule has 0 radical (unpaired) electrons. The van der Waals surface area contributed by atoms with E-state index in [0.29, 0.717) is 0 Å².